The number of thiophene rings is 1. The van der Waals surface area contributed by atoms with Crippen LogP contribution in [0.1, 0.15) is 10.4 Å². The molecule has 2 aromatic heterocycles. The second-order valence-corrected chi connectivity index (χ2v) is 7.56. The summed E-state index contributed by atoms with van der Waals surface area (Å²) in [6.07, 6.45) is 1.64. The zero-order valence-electron chi connectivity index (χ0n) is 13.6. The van der Waals surface area contributed by atoms with Crippen LogP contribution in [0.25, 0.3) is 10.2 Å². The largest absolute Gasteiger partial charge is 0.378 e. The van der Waals surface area contributed by atoms with Crippen molar-refractivity contribution in [2.45, 2.75) is 19.4 Å². The number of nitrogens with zero attached hydrogens (tertiary/aromatic N) is 3. The highest BCUT2D eigenvalue weighted by Gasteiger charge is 2.42. The van der Waals surface area contributed by atoms with Crippen molar-refractivity contribution in [1.29, 1.82) is 0 Å². The van der Waals surface area contributed by atoms with Crippen LogP contribution >= 0.6 is 11.3 Å². The van der Waals surface area contributed by atoms with Crippen molar-refractivity contribution >= 4 is 27.4 Å². The van der Waals surface area contributed by atoms with Gasteiger partial charge in [0.05, 0.1) is 37.4 Å². The van der Waals surface area contributed by atoms with E-state index in [1.165, 1.54) is 10.4 Å². The molecule has 2 aliphatic heterocycles. The molecule has 0 atom stereocenters. The van der Waals surface area contributed by atoms with E-state index in [-0.39, 0.29) is 5.54 Å². The minimum atomic E-state index is -0.0905. The Hall–Kier alpha value is -1.28. The SMILES string of the molecule is Cc1sc2ncnc(NCC34COCCN3CCOC4)c2c1C. The van der Waals surface area contributed by atoms with E-state index in [0.717, 1.165) is 48.9 Å². The molecule has 4 rings (SSSR count). The van der Waals surface area contributed by atoms with Crippen LogP contribution in [-0.4, -0.2) is 66.5 Å². The van der Waals surface area contributed by atoms with Gasteiger partial charge in [-0.15, -0.1) is 11.3 Å². The molecule has 1 N–H and O–H groups in total. The van der Waals surface area contributed by atoms with Crippen LogP contribution in [0.2, 0.25) is 0 Å². The molecule has 4 heterocycles. The zero-order valence-corrected chi connectivity index (χ0v) is 14.4. The number of hydrogen-bond donors (Lipinski definition) is 1. The number of aryl methyl sites for hydroxylation is 2. The summed E-state index contributed by atoms with van der Waals surface area (Å²) in [6.45, 7) is 10.0. The lowest BCUT2D eigenvalue weighted by Crippen LogP contribution is -2.66. The van der Waals surface area contributed by atoms with Crippen LogP contribution in [0.5, 0.6) is 0 Å². The van der Waals surface area contributed by atoms with Crippen LogP contribution in [0, 0.1) is 13.8 Å². The standard InChI is InChI=1S/C16H22N4O2S/c1-11-12(2)23-15-13(11)14(18-10-19-15)17-7-16-8-21-5-3-20(16)4-6-22-9-16/h10H,3-9H2,1-2H3,(H,17,18,19). The highest BCUT2D eigenvalue weighted by molar-refractivity contribution is 7.18. The second kappa shape index (κ2) is 5.98. The van der Waals surface area contributed by atoms with Gasteiger partial charge in [0, 0.05) is 24.5 Å². The number of morpholine rings is 2. The number of ether oxygens (including phenoxy) is 2. The third kappa shape index (κ3) is 2.61. The summed E-state index contributed by atoms with van der Waals surface area (Å²) in [5.74, 6) is 0.919. The van der Waals surface area contributed by atoms with Gasteiger partial charge in [-0.25, -0.2) is 9.97 Å². The lowest BCUT2D eigenvalue weighted by Gasteiger charge is -2.49. The summed E-state index contributed by atoms with van der Waals surface area (Å²) in [7, 11) is 0. The number of anilines is 1. The smallest absolute Gasteiger partial charge is 0.138 e. The van der Waals surface area contributed by atoms with Gasteiger partial charge >= 0.3 is 0 Å². The Morgan fingerprint density at radius 1 is 1.22 bits per heavy atom. The molecular formula is C16H22N4O2S. The van der Waals surface area contributed by atoms with Crippen LogP contribution in [0.15, 0.2) is 6.33 Å². The molecule has 6 nitrogen and oxygen atoms in total. The molecule has 2 saturated heterocycles. The minimum Gasteiger partial charge on any atom is -0.378 e. The summed E-state index contributed by atoms with van der Waals surface area (Å²) >= 11 is 1.72. The predicted octanol–water partition coefficient (Wildman–Crippen LogP) is 1.82. The van der Waals surface area contributed by atoms with Crippen molar-refractivity contribution < 1.29 is 9.47 Å². The number of aromatic nitrogens is 2. The maximum atomic E-state index is 5.75. The number of hydrogen-bond acceptors (Lipinski definition) is 7. The van der Waals surface area contributed by atoms with Gasteiger partial charge < -0.3 is 14.8 Å². The first-order valence-corrected chi connectivity index (χ1v) is 8.86. The third-order valence-corrected chi connectivity index (χ3v) is 6.09. The second-order valence-electron chi connectivity index (χ2n) is 6.36. The maximum absolute atomic E-state index is 5.75. The molecular weight excluding hydrogens is 312 g/mol. The maximum Gasteiger partial charge on any atom is 0.138 e. The van der Waals surface area contributed by atoms with E-state index in [0.29, 0.717) is 13.2 Å². The van der Waals surface area contributed by atoms with Crippen molar-refractivity contribution in [2.75, 3.05) is 51.4 Å². The first-order valence-electron chi connectivity index (χ1n) is 8.05. The first kappa shape index (κ1) is 15.3. The molecule has 0 radical (unpaired) electrons. The first-order chi connectivity index (χ1) is 11.2. The Morgan fingerprint density at radius 3 is 2.70 bits per heavy atom. The Kier molecular flexibility index (Phi) is 3.96. The topological polar surface area (TPSA) is 59.5 Å². The molecule has 0 saturated carbocycles. The highest BCUT2D eigenvalue weighted by atomic mass is 32.1. The molecule has 124 valence electrons. The van der Waals surface area contributed by atoms with Crippen LogP contribution in [0.4, 0.5) is 5.82 Å². The van der Waals surface area contributed by atoms with E-state index >= 15 is 0 Å². The third-order valence-electron chi connectivity index (χ3n) is 4.97. The van der Waals surface area contributed by atoms with Gasteiger partial charge in [0.15, 0.2) is 0 Å². The fourth-order valence-electron chi connectivity index (χ4n) is 3.46. The average molecular weight is 334 g/mol. The van der Waals surface area contributed by atoms with Crippen LogP contribution in [0.3, 0.4) is 0 Å². The van der Waals surface area contributed by atoms with Crippen molar-refractivity contribution in [1.82, 2.24) is 14.9 Å². The number of rotatable bonds is 3. The molecule has 0 amide bonds. The number of fused-ring (bicyclic) bond motifs is 2. The number of nitrogens with one attached hydrogen (secondary N) is 1. The van der Waals surface area contributed by atoms with Gasteiger partial charge in [0.1, 0.15) is 17.0 Å². The van der Waals surface area contributed by atoms with Crippen molar-refractivity contribution in [3.8, 4) is 0 Å². The quantitative estimate of drug-likeness (QED) is 0.924. The Bertz CT molecular complexity index is 705. The molecule has 23 heavy (non-hydrogen) atoms. The van der Waals surface area contributed by atoms with Gasteiger partial charge in [-0.05, 0) is 19.4 Å². The Balaban J connectivity index is 1.61. The fourth-order valence-corrected chi connectivity index (χ4v) is 4.46. The van der Waals surface area contributed by atoms with Gasteiger partial charge in [-0.3, -0.25) is 4.90 Å². The molecule has 2 fully saturated rings. The van der Waals surface area contributed by atoms with Gasteiger partial charge in [0.2, 0.25) is 0 Å². The summed E-state index contributed by atoms with van der Waals surface area (Å²) in [4.78, 5) is 13.7. The Morgan fingerprint density at radius 2 is 1.96 bits per heavy atom. The normalized spacial score (nSPS) is 21.3. The van der Waals surface area contributed by atoms with Crippen molar-refractivity contribution in [3.63, 3.8) is 0 Å². The zero-order chi connectivity index (χ0) is 15.9. The summed E-state index contributed by atoms with van der Waals surface area (Å²) in [5, 5.41) is 4.70. The Labute approximate surface area is 139 Å². The monoisotopic (exact) mass is 334 g/mol. The lowest BCUT2D eigenvalue weighted by molar-refractivity contribution is -0.135. The van der Waals surface area contributed by atoms with E-state index < -0.39 is 0 Å². The molecule has 0 aliphatic carbocycles. The summed E-state index contributed by atoms with van der Waals surface area (Å²) in [5.41, 5.74) is 1.18. The van der Waals surface area contributed by atoms with E-state index in [1.54, 1.807) is 17.7 Å². The van der Waals surface area contributed by atoms with E-state index in [9.17, 15) is 0 Å². The van der Waals surface area contributed by atoms with Crippen molar-refractivity contribution in [3.05, 3.63) is 16.8 Å². The molecule has 0 spiro atoms. The van der Waals surface area contributed by atoms with Crippen molar-refractivity contribution in [2.24, 2.45) is 0 Å². The molecule has 0 bridgehead atoms. The predicted molar refractivity (Wildman–Crippen MR) is 91.3 cm³/mol. The molecule has 2 aliphatic rings. The van der Waals surface area contributed by atoms with Crippen LogP contribution < -0.4 is 5.32 Å². The van der Waals surface area contributed by atoms with Gasteiger partial charge in [0.25, 0.3) is 0 Å². The van der Waals surface area contributed by atoms with E-state index in [2.05, 4.69) is 34.0 Å². The molecule has 2 aromatic rings. The molecule has 0 unspecified atom stereocenters. The molecule has 0 aromatic carbocycles. The fraction of sp³-hybridized carbons (Fsp3) is 0.625. The summed E-state index contributed by atoms with van der Waals surface area (Å²) in [6, 6.07) is 0. The average Bonchev–Trinajstić information content (AvgIpc) is 2.88. The molecule has 7 heteroatoms. The minimum absolute atomic E-state index is 0.0905. The van der Waals surface area contributed by atoms with Crippen LogP contribution in [-0.2, 0) is 9.47 Å². The van der Waals surface area contributed by atoms with Gasteiger partial charge in [-0.2, -0.15) is 0 Å². The highest BCUT2D eigenvalue weighted by Crippen LogP contribution is 2.33. The van der Waals surface area contributed by atoms with E-state index in [1.807, 2.05) is 0 Å². The van der Waals surface area contributed by atoms with E-state index in [4.69, 9.17) is 9.47 Å². The van der Waals surface area contributed by atoms with Gasteiger partial charge in [-0.1, -0.05) is 0 Å². The lowest BCUT2D eigenvalue weighted by atomic mass is 9.96. The summed E-state index contributed by atoms with van der Waals surface area (Å²) < 4.78 is 11.5.